The molecule has 3 aromatic rings. The fourth-order valence-corrected chi connectivity index (χ4v) is 3.43. The molecule has 0 bridgehead atoms. The molecule has 0 saturated heterocycles. The van der Waals surface area contributed by atoms with Crippen LogP contribution in [0.5, 0.6) is 0 Å². The van der Waals surface area contributed by atoms with Crippen LogP contribution in [0.2, 0.25) is 0 Å². The number of pyridine rings is 1. The Labute approximate surface area is 208 Å². The second kappa shape index (κ2) is 11.8. The Balaban J connectivity index is 0.000000208. The van der Waals surface area contributed by atoms with Crippen molar-refractivity contribution in [2.75, 3.05) is 25.6 Å². The van der Waals surface area contributed by atoms with Crippen LogP contribution in [-0.4, -0.2) is 68.6 Å². The molecule has 2 aromatic heterocycles. The van der Waals surface area contributed by atoms with E-state index in [0.717, 1.165) is 22.5 Å². The van der Waals surface area contributed by atoms with Gasteiger partial charge in [0.05, 0.1) is 18.2 Å². The van der Waals surface area contributed by atoms with Gasteiger partial charge in [-0.15, -0.1) is 10.2 Å². The van der Waals surface area contributed by atoms with Crippen molar-refractivity contribution in [2.45, 2.75) is 32.2 Å². The van der Waals surface area contributed by atoms with Gasteiger partial charge in [0.15, 0.2) is 18.7 Å². The van der Waals surface area contributed by atoms with Crippen LogP contribution in [0.1, 0.15) is 34.5 Å². The number of nitrogens with one attached hydrogen (secondary N) is 1. The number of alkyl halides is 3. The van der Waals surface area contributed by atoms with E-state index in [-0.39, 0.29) is 31.3 Å². The second-order valence-corrected chi connectivity index (χ2v) is 8.04. The normalized spacial score (nSPS) is 13.3. The molecular weight excluding hydrogens is 500 g/mol. The molecule has 3 heterocycles. The number of carbonyl (C=O) groups excluding carboxylic acids is 2. The van der Waals surface area contributed by atoms with Crippen LogP contribution in [0.4, 0.5) is 28.2 Å². The molecule has 0 fully saturated rings. The number of halogens is 4. The van der Waals surface area contributed by atoms with Crippen molar-refractivity contribution >= 4 is 18.2 Å². The second-order valence-electron chi connectivity index (χ2n) is 8.04. The van der Waals surface area contributed by atoms with Gasteiger partial charge >= 0.3 is 12.3 Å². The number of hydrogen-bond acceptors (Lipinski definition) is 8. The van der Waals surface area contributed by atoms with Gasteiger partial charge < -0.3 is 19.7 Å². The zero-order chi connectivity index (χ0) is 27.2. The maximum atomic E-state index is 13.4. The zero-order valence-corrected chi connectivity index (χ0v) is 19.9. The maximum absolute atomic E-state index is 13.4. The molecule has 0 radical (unpaired) electrons. The minimum absolute atomic E-state index is 0.0207. The van der Waals surface area contributed by atoms with Crippen molar-refractivity contribution in [3.05, 3.63) is 59.2 Å². The highest BCUT2D eigenvalue weighted by atomic mass is 19.4. The summed E-state index contributed by atoms with van der Waals surface area (Å²) < 4.78 is 55.1. The minimum Gasteiger partial charge on any atom is -0.440 e. The first kappa shape index (κ1) is 27.5. The molecule has 198 valence electrons. The lowest BCUT2D eigenvalue weighted by molar-refractivity contribution is -0.162. The molecular formula is C23H24F4N6O4. The number of hydrogen-bond donors (Lipinski definition) is 2. The number of aliphatic hydroxyl groups is 1. The predicted molar refractivity (Wildman–Crippen MR) is 123 cm³/mol. The van der Waals surface area contributed by atoms with E-state index in [2.05, 4.69) is 25.2 Å². The minimum atomic E-state index is -4.60. The summed E-state index contributed by atoms with van der Waals surface area (Å²) in [5.41, 5.74) is 1.53. The number of anilines is 1. The number of fused-ring (bicyclic) bond motifs is 1. The van der Waals surface area contributed by atoms with Crippen molar-refractivity contribution < 1.29 is 37.0 Å². The summed E-state index contributed by atoms with van der Waals surface area (Å²) in [5.74, 6) is 0.696. The van der Waals surface area contributed by atoms with Gasteiger partial charge in [0.1, 0.15) is 23.7 Å². The number of carbonyl (C=O) groups is 2. The van der Waals surface area contributed by atoms with Crippen LogP contribution in [0.25, 0.3) is 11.5 Å². The van der Waals surface area contributed by atoms with Crippen LogP contribution >= 0.6 is 0 Å². The van der Waals surface area contributed by atoms with E-state index < -0.39 is 24.7 Å². The number of benzene rings is 1. The first-order valence-corrected chi connectivity index (χ1v) is 11.0. The van der Waals surface area contributed by atoms with Crippen LogP contribution in [0.15, 0.2) is 36.7 Å². The quantitative estimate of drug-likeness (QED) is 0.371. The molecule has 2 N–H and O–H groups in total. The van der Waals surface area contributed by atoms with Crippen molar-refractivity contribution in [2.24, 2.45) is 0 Å². The lowest BCUT2D eigenvalue weighted by Gasteiger charge is -2.16. The Hall–Kier alpha value is -4.07. The van der Waals surface area contributed by atoms with Gasteiger partial charge in [-0.25, -0.2) is 14.2 Å². The van der Waals surface area contributed by atoms with E-state index in [9.17, 15) is 27.2 Å². The van der Waals surface area contributed by atoms with Crippen LogP contribution in [-0.2, 0) is 17.8 Å². The molecule has 0 saturated carbocycles. The number of aromatic nitrogens is 4. The third kappa shape index (κ3) is 7.00. The smallest absolute Gasteiger partial charge is 0.422 e. The Morgan fingerprint density at radius 2 is 1.97 bits per heavy atom. The van der Waals surface area contributed by atoms with Crippen molar-refractivity contribution in [3.63, 3.8) is 0 Å². The number of aliphatic hydroxyl groups excluding tert-OH is 1. The Kier molecular flexibility index (Phi) is 8.76. The van der Waals surface area contributed by atoms with Gasteiger partial charge in [-0.05, 0) is 42.3 Å². The Bertz CT molecular complexity index is 1250. The lowest BCUT2D eigenvalue weighted by atomic mass is 10.1. The fourth-order valence-electron chi connectivity index (χ4n) is 3.43. The molecule has 1 atom stereocenters. The number of amides is 1. The summed E-state index contributed by atoms with van der Waals surface area (Å²) in [7, 11) is 1.81. The third-order valence-electron chi connectivity index (χ3n) is 5.33. The molecule has 14 heteroatoms. The SMILES string of the molecule is CNc1cccc(-c2nncn2C(C)CO)n1.O=Cc1cc2c(cc1F)CN(C(=O)OCC(F)(F)F)C2. The fraction of sp³-hybridized carbons (Fsp3) is 0.348. The number of aldehydes is 1. The molecule has 0 spiro atoms. The Morgan fingerprint density at radius 1 is 1.27 bits per heavy atom. The molecule has 37 heavy (non-hydrogen) atoms. The largest absolute Gasteiger partial charge is 0.440 e. The highest BCUT2D eigenvalue weighted by Gasteiger charge is 2.32. The summed E-state index contributed by atoms with van der Waals surface area (Å²) in [6.07, 6.45) is -3.80. The lowest BCUT2D eigenvalue weighted by Crippen LogP contribution is -2.30. The van der Waals surface area contributed by atoms with Crippen molar-refractivity contribution in [1.29, 1.82) is 0 Å². The molecule has 10 nitrogen and oxygen atoms in total. The van der Waals surface area contributed by atoms with Gasteiger partial charge in [0, 0.05) is 20.1 Å². The molecule has 1 amide bonds. The highest BCUT2D eigenvalue weighted by Crippen LogP contribution is 2.26. The maximum Gasteiger partial charge on any atom is 0.422 e. The monoisotopic (exact) mass is 524 g/mol. The topological polar surface area (TPSA) is 122 Å². The third-order valence-corrected chi connectivity index (χ3v) is 5.33. The molecule has 0 aliphatic carbocycles. The summed E-state index contributed by atoms with van der Waals surface area (Å²) in [6, 6.07) is 7.94. The standard InChI is InChI=1S/C12H9F4NO3.C11H15N5O/c13-10-2-8-4-17(3-7(8)1-9(10)5-18)11(19)20-6-12(14,15)16;1-8(6-17)16-7-13-15-11(16)9-4-3-5-10(12-2)14-9/h1-2,5H,3-4,6H2;3-5,7-8,17H,6H2,1-2H3,(H,12,14). The van der Waals surface area contributed by atoms with Gasteiger partial charge in [0.25, 0.3) is 0 Å². The van der Waals surface area contributed by atoms with E-state index in [1.807, 2.05) is 36.7 Å². The highest BCUT2D eigenvalue weighted by molar-refractivity contribution is 5.76. The molecule has 1 unspecified atom stereocenters. The number of nitrogens with zero attached hydrogens (tertiary/aromatic N) is 5. The van der Waals surface area contributed by atoms with Crippen molar-refractivity contribution in [1.82, 2.24) is 24.6 Å². The average molecular weight is 524 g/mol. The van der Waals surface area contributed by atoms with E-state index in [1.54, 1.807) is 6.33 Å². The van der Waals surface area contributed by atoms with Crippen LogP contribution < -0.4 is 5.32 Å². The van der Waals surface area contributed by atoms with Crippen molar-refractivity contribution in [3.8, 4) is 11.5 Å². The van der Waals surface area contributed by atoms with Crippen LogP contribution in [0, 0.1) is 5.82 Å². The van der Waals surface area contributed by atoms with Gasteiger partial charge in [0.2, 0.25) is 0 Å². The van der Waals surface area contributed by atoms with Gasteiger partial charge in [-0.3, -0.25) is 9.69 Å². The van der Waals surface area contributed by atoms with E-state index in [4.69, 9.17) is 5.11 Å². The van der Waals surface area contributed by atoms with Gasteiger partial charge in [-0.1, -0.05) is 6.07 Å². The van der Waals surface area contributed by atoms with E-state index >= 15 is 0 Å². The summed E-state index contributed by atoms with van der Waals surface area (Å²) in [5, 5.41) is 20.1. The predicted octanol–water partition coefficient (Wildman–Crippen LogP) is 3.59. The first-order valence-electron chi connectivity index (χ1n) is 11.0. The number of rotatable bonds is 6. The van der Waals surface area contributed by atoms with E-state index in [1.165, 1.54) is 6.07 Å². The molecule has 1 aliphatic heterocycles. The van der Waals surface area contributed by atoms with E-state index in [0.29, 0.717) is 23.2 Å². The number of ether oxygens (including phenoxy) is 1. The van der Waals surface area contributed by atoms with Crippen LogP contribution in [0.3, 0.4) is 0 Å². The Morgan fingerprint density at radius 3 is 2.59 bits per heavy atom. The first-order chi connectivity index (χ1) is 17.6. The average Bonchev–Trinajstić information content (AvgIpc) is 3.53. The molecule has 4 rings (SSSR count). The molecule has 1 aromatic carbocycles. The summed E-state index contributed by atoms with van der Waals surface area (Å²) in [4.78, 5) is 27.4. The molecule has 1 aliphatic rings. The zero-order valence-electron chi connectivity index (χ0n) is 19.9. The van der Waals surface area contributed by atoms with Gasteiger partial charge in [-0.2, -0.15) is 13.2 Å². The summed E-state index contributed by atoms with van der Waals surface area (Å²) in [6.45, 7) is 0.188. The summed E-state index contributed by atoms with van der Waals surface area (Å²) >= 11 is 0.